The average molecular weight is 217 g/mol. The largest absolute Gasteiger partial charge is 0.486 e. The van der Waals surface area contributed by atoms with Gasteiger partial charge in [0.1, 0.15) is 13.2 Å². The van der Waals surface area contributed by atoms with Gasteiger partial charge in [-0.15, -0.1) is 6.42 Å². The minimum atomic E-state index is 0.0770. The summed E-state index contributed by atoms with van der Waals surface area (Å²) >= 11 is 0. The summed E-state index contributed by atoms with van der Waals surface area (Å²) in [5, 5.41) is 3.22. The third-order valence-electron chi connectivity index (χ3n) is 2.47. The summed E-state index contributed by atoms with van der Waals surface area (Å²) in [5.74, 6) is 4.27. The van der Waals surface area contributed by atoms with E-state index >= 15 is 0 Å². The molecule has 0 radical (unpaired) electrons. The molecule has 0 bridgehead atoms. The van der Waals surface area contributed by atoms with Gasteiger partial charge in [-0.25, -0.2) is 0 Å². The van der Waals surface area contributed by atoms with Crippen LogP contribution in [0.25, 0.3) is 0 Å². The lowest BCUT2D eigenvalue weighted by molar-refractivity contribution is 0.171. The normalized spacial score (nSPS) is 15.2. The Bertz CT molecular complexity index is 409. The van der Waals surface area contributed by atoms with E-state index in [4.69, 9.17) is 15.9 Å². The van der Waals surface area contributed by atoms with Gasteiger partial charge in [0.15, 0.2) is 11.5 Å². The summed E-state index contributed by atoms with van der Waals surface area (Å²) in [6.45, 7) is 3.93. The Morgan fingerprint density at radius 3 is 2.88 bits per heavy atom. The molecule has 0 spiro atoms. The first kappa shape index (κ1) is 10.8. The van der Waals surface area contributed by atoms with Crippen LogP contribution in [-0.4, -0.2) is 19.3 Å². The van der Waals surface area contributed by atoms with Gasteiger partial charge in [0.05, 0.1) is 6.04 Å². The molecule has 0 aromatic heterocycles. The zero-order valence-electron chi connectivity index (χ0n) is 9.32. The molecular weight excluding hydrogens is 202 g/mol. The fourth-order valence-corrected chi connectivity index (χ4v) is 1.53. The van der Waals surface area contributed by atoms with E-state index in [9.17, 15) is 0 Å². The molecule has 0 aliphatic carbocycles. The summed E-state index contributed by atoms with van der Waals surface area (Å²) in [5.41, 5.74) is 1.14. The predicted molar refractivity (Wildman–Crippen MR) is 62.6 cm³/mol. The number of benzene rings is 1. The van der Waals surface area contributed by atoms with E-state index in [2.05, 4.69) is 11.2 Å². The molecule has 0 saturated heterocycles. The van der Waals surface area contributed by atoms with Gasteiger partial charge in [0, 0.05) is 6.54 Å². The van der Waals surface area contributed by atoms with Crippen LogP contribution in [0.4, 0.5) is 0 Å². The number of terminal acetylenes is 1. The van der Waals surface area contributed by atoms with Crippen molar-refractivity contribution >= 4 is 0 Å². The van der Waals surface area contributed by atoms with Gasteiger partial charge >= 0.3 is 0 Å². The molecule has 1 heterocycles. The topological polar surface area (TPSA) is 30.5 Å². The molecule has 1 aliphatic heterocycles. The van der Waals surface area contributed by atoms with Crippen molar-refractivity contribution in [2.24, 2.45) is 0 Å². The summed E-state index contributed by atoms with van der Waals surface area (Å²) in [4.78, 5) is 0. The molecule has 3 nitrogen and oxygen atoms in total. The molecule has 1 N–H and O–H groups in total. The van der Waals surface area contributed by atoms with Crippen molar-refractivity contribution < 1.29 is 9.47 Å². The molecule has 1 aliphatic rings. The standard InChI is InChI=1S/C13H15NO2/c1-3-10(2)14-9-11-4-5-12-13(8-11)16-7-6-15-12/h1,4-5,8,10,14H,6-7,9H2,2H3. The summed E-state index contributed by atoms with van der Waals surface area (Å²) in [6.07, 6.45) is 5.29. The molecule has 84 valence electrons. The Morgan fingerprint density at radius 2 is 2.12 bits per heavy atom. The fourth-order valence-electron chi connectivity index (χ4n) is 1.53. The second-order valence-electron chi connectivity index (χ2n) is 3.75. The van der Waals surface area contributed by atoms with Gasteiger partial charge in [0.25, 0.3) is 0 Å². The van der Waals surface area contributed by atoms with Crippen LogP contribution in [0.5, 0.6) is 11.5 Å². The maximum absolute atomic E-state index is 5.50. The van der Waals surface area contributed by atoms with Gasteiger partial charge in [0.2, 0.25) is 0 Å². The fraction of sp³-hybridized carbons (Fsp3) is 0.385. The van der Waals surface area contributed by atoms with Crippen molar-refractivity contribution in [3.05, 3.63) is 23.8 Å². The highest BCUT2D eigenvalue weighted by molar-refractivity contribution is 5.43. The van der Waals surface area contributed by atoms with Crippen molar-refractivity contribution in [1.29, 1.82) is 0 Å². The van der Waals surface area contributed by atoms with Gasteiger partial charge in [-0.05, 0) is 24.6 Å². The lowest BCUT2D eigenvalue weighted by atomic mass is 10.2. The van der Waals surface area contributed by atoms with E-state index < -0.39 is 0 Å². The lowest BCUT2D eigenvalue weighted by Gasteiger charge is -2.19. The molecule has 0 amide bonds. The van der Waals surface area contributed by atoms with Crippen molar-refractivity contribution in [1.82, 2.24) is 5.32 Å². The Balaban J connectivity index is 2.03. The van der Waals surface area contributed by atoms with E-state index in [1.54, 1.807) is 0 Å². The summed E-state index contributed by atoms with van der Waals surface area (Å²) in [6, 6.07) is 6.02. The Morgan fingerprint density at radius 1 is 1.38 bits per heavy atom. The van der Waals surface area contributed by atoms with E-state index in [0.717, 1.165) is 23.6 Å². The molecule has 1 atom stereocenters. The smallest absolute Gasteiger partial charge is 0.161 e. The second-order valence-corrected chi connectivity index (χ2v) is 3.75. The van der Waals surface area contributed by atoms with Crippen molar-refractivity contribution in [2.75, 3.05) is 13.2 Å². The SMILES string of the molecule is C#CC(C)NCc1ccc2c(c1)OCCO2. The molecule has 0 saturated carbocycles. The number of fused-ring (bicyclic) bond motifs is 1. The minimum Gasteiger partial charge on any atom is -0.486 e. The number of hydrogen-bond acceptors (Lipinski definition) is 3. The molecular formula is C13H15NO2. The summed E-state index contributed by atoms with van der Waals surface area (Å²) < 4.78 is 11.0. The predicted octanol–water partition coefficient (Wildman–Crippen LogP) is 1.57. The highest BCUT2D eigenvalue weighted by Gasteiger charge is 2.11. The van der Waals surface area contributed by atoms with Crippen molar-refractivity contribution in [3.63, 3.8) is 0 Å². The third kappa shape index (κ3) is 2.47. The molecule has 3 heteroatoms. The number of hydrogen-bond donors (Lipinski definition) is 1. The quantitative estimate of drug-likeness (QED) is 0.780. The van der Waals surface area contributed by atoms with Crippen LogP contribution in [0.15, 0.2) is 18.2 Å². The van der Waals surface area contributed by atoms with Crippen LogP contribution < -0.4 is 14.8 Å². The van der Waals surface area contributed by atoms with Crippen LogP contribution in [0.2, 0.25) is 0 Å². The molecule has 16 heavy (non-hydrogen) atoms. The third-order valence-corrected chi connectivity index (χ3v) is 2.47. The van der Waals surface area contributed by atoms with Crippen LogP contribution >= 0.6 is 0 Å². The van der Waals surface area contributed by atoms with Gasteiger partial charge in [-0.1, -0.05) is 12.0 Å². The van der Waals surface area contributed by atoms with Crippen LogP contribution in [-0.2, 0) is 6.54 Å². The van der Waals surface area contributed by atoms with Gasteiger partial charge in [-0.2, -0.15) is 0 Å². The first-order chi connectivity index (χ1) is 7.79. The first-order valence-electron chi connectivity index (χ1n) is 5.37. The maximum Gasteiger partial charge on any atom is 0.161 e. The second kappa shape index (κ2) is 4.91. The highest BCUT2D eigenvalue weighted by Crippen LogP contribution is 2.30. The van der Waals surface area contributed by atoms with E-state index in [1.807, 2.05) is 25.1 Å². The van der Waals surface area contributed by atoms with Crippen LogP contribution in [0, 0.1) is 12.3 Å². The first-order valence-corrected chi connectivity index (χ1v) is 5.37. The molecule has 1 unspecified atom stereocenters. The van der Waals surface area contributed by atoms with Gasteiger partial charge in [-0.3, -0.25) is 5.32 Å². The van der Waals surface area contributed by atoms with Crippen molar-refractivity contribution in [2.45, 2.75) is 19.5 Å². The van der Waals surface area contributed by atoms with E-state index in [-0.39, 0.29) is 6.04 Å². The number of rotatable bonds is 3. The Labute approximate surface area is 95.8 Å². The van der Waals surface area contributed by atoms with E-state index in [1.165, 1.54) is 0 Å². The monoisotopic (exact) mass is 217 g/mol. The van der Waals surface area contributed by atoms with E-state index in [0.29, 0.717) is 13.2 Å². The zero-order chi connectivity index (χ0) is 11.4. The number of ether oxygens (including phenoxy) is 2. The number of nitrogens with one attached hydrogen (secondary N) is 1. The highest BCUT2D eigenvalue weighted by atomic mass is 16.6. The summed E-state index contributed by atoms with van der Waals surface area (Å²) in [7, 11) is 0. The van der Waals surface area contributed by atoms with Gasteiger partial charge < -0.3 is 9.47 Å². The lowest BCUT2D eigenvalue weighted by Crippen LogP contribution is -2.23. The van der Waals surface area contributed by atoms with Crippen molar-refractivity contribution in [3.8, 4) is 23.8 Å². The maximum atomic E-state index is 5.50. The Kier molecular flexibility index (Phi) is 3.33. The van der Waals surface area contributed by atoms with Crippen LogP contribution in [0.1, 0.15) is 12.5 Å². The zero-order valence-corrected chi connectivity index (χ0v) is 9.32. The van der Waals surface area contributed by atoms with Crippen LogP contribution in [0.3, 0.4) is 0 Å². The average Bonchev–Trinajstić information content (AvgIpc) is 2.35. The minimum absolute atomic E-state index is 0.0770. The molecule has 0 fully saturated rings. The Hall–Kier alpha value is -1.66. The molecule has 2 rings (SSSR count). The molecule has 1 aromatic carbocycles. The molecule has 1 aromatic rings.